The lowest BCUT2D eigenvalue weighted by Gasteiger charge is -2.03. The molecule has 1 rings (SSSR count). The third-order valence-electron chi connectivity index (χ3n) is 2.63. The Morgan fingerprint density at radius 1 is 1.25 bits per heavy atom. The van der Waals surface area contributed by atoms with E-state index >= 15 is 0 Å². The van der Waals surface area contributed by atoms with E-state index in [1.165, 1.54) is 0 Å². The molecule has 0 bridgehead atoms. The van der Waals surface area contributed by atoms with E-state index in [1.54, 1.807) is 0 Å². The van der Waals surface area contributed by atoms with E-state index in [1.807, 2.05) is 6.92 Å². The smallest absolute Gasteiger partial charge is 0.335 e. The number of aryl methyl sites for hydroxylation is 1. The topological polar surface area (TPSA) is 102 Å². The number of carbonyl (C=O) groups excluding carboxylic acids is 1. The summed E-state index contributed by atoms with van der Waals surface area (Å²) in [7, 11) is -3.42. The molecule has 0 saturated heterocycles. The van der Waals surface area contributed by atoms with Crippen molar-refractivity contribution in [3.05, 3.63) is 5.89 Å². The number of hydrogen-bond acceptors (Lipinski definition) is 6. The Morgan fingerprint density at radius 2 is 2.00 bits per heavy atom. The first kappa shape index (κ1) is 16.6. The van der Waals surface area contributed by atoms with Crippen LogP contribution in [-0.2, 0) is 21.1 Å². The van der Waals surface area contributed by atoms with Crippen LogP contribution in [0.2, 0.25) is 0 Å². The number of aromatic nitrogens is 2. The number of nitrogens with one attached hydrogen (secondary N) is 1. The first-order valence-corrected chi connectivity index (χ1v) is 8.61. The van der Waals surface area contributed by atoms with E-state index in [9.17, 15) is 13.2 Å². The predicted octanol–water partition coefficient (Wildman–Crippen LogP) is 1.10. The lowest BCUT2D eigenvalue weighted by atomic mass is 10.2. The minimum Gasteiger partial charge on any atom is -0.413 e. The second kappa shape index (κ2) is 7.98. The Balaban J connectivity index is 2.16. The van der Waals surface area contributed by atoms with Gasteiger partial charge in [0.25, 0.3) is 0 Å². The Morgan fingerprint density at radius 3 is 2.60 bits per heavy atom. The highest BCUT2D eigenvalue weighted by Gasteiger charge is 2.15. The number of unbranched alkanes of at least 4 members (excludes halogenated alkanes) is 2. The molecule has 1 amide bonds. The number of sulfone groups is 1. The molecule has 0 radical (unpaired) electrons. The van der Waals surface area contributed by atoms with Crippen LogP contribution in [0.4, 0.5) is 0 Å². The lowest BCUT2D eigenvalue weighted by molar-refractivity contribution is -0.121. The van der Waals surface area contributed by atoms with Gasteiger partial charge in [0.15, 0.2) is 0 Å². The lowest BCUT2D eigenvalue weighted by Crippen LogP contribution is -2.23. The molecular weight excluding hydrogens is 282 g/mol. The molecule has 114 valence electrons. The Bertz CT molecular complexity index is 525. The molecular formula is C12H21N3O4S. The van der Waals surface area contributed by atoms with Crippen LogP contribution >= 0.6 is 0 Å². The zero-order valence-corrected chi connectivity index (χ0v) is 12.7. The summed E-state index contributed by atoms with van der Waals surface area (Å²) in [6, 6.07) is 0. The van der Waals surface area contributed by atoms with Gasteiger partial charge in [-0.3, -0.25) is 4.79 Å². The Labute approximate surface area is 119 Å². The highest BCUT2D eigenvalue weighted by Crippen LogP contribution is 2.09. The van der Waals surface area contributed by atoms with E-state index in [0.717, 1.165) is 31.9 Å². The van der Waals surface area contributed by atoms with Crippen molar-refractivity contribution in [2.24, 2.45) is 0 Å². The van der Waals surface area contributed by atoms with Crippen LogP contribution in [0.5, 0.6) is 0 Å². The van der Waals surface area contributed by atoms with Gasteiger partial charge < -0.3 is 9.73 Å². The average molecular weight is 303 g/mol. The molecule has 0 unspecified atom stereocenters. The fourth-order valence-electron chi connectivity index (χ4n) is 1.61. The first-order chi connectivity index (χ1) is 9.43. The molecule has 0 fully saturated rings. The van der Waals surface area contributed by atoms with Crippen molar-refractivity contribution in [3.8, 4) is 0 Å². The van der Waals surface area contributed by atoms with Crippen LogP contribution < -0.4 is 5.32 Å². The summed E-state index contributed by atoms with van der Waals surface area (Å²) >= 11 is 0. The number of amides is 1. The van der Waals surface area contributed by atoms with Gasteiger partial charge in [0.05, 0.1) is 0 Å². The fraction of sp³-hybridized carbons (Fsp3) is 0.750. The Hall–Kier alpha value is -1.44. The molecule has 0 aliphatic carbocycles. The van der Waals surface area contributed by atoms with Crippen LogP contribution in [0.25, 0.3) is 0 Å². The third kappa shape index (κ3) is 6.14. The van der Waals surface area contributed by atoms with Gasteiger partial charge in [-0.05, 0) is 19.3 Å². The molecule has 1 N–H and O–H groups in total. The molecule has 0 atom stereocenters. The van der Waals surface area contributed by atoms with Crippen molar-refractivity contribution in [2.45, 2.75) is 50.7 Å². The summed E-state index contributed by atoms with van der Waals surface area (Å²) < 4.78 is 27.3. The van der Waals surface area contributed by atoms with Gasteiger partial charge in [-0.2, -0.15) is 0 Å². The predicted molar refractivity (Wildman–Crippen MR) is 72.9 cm³/mol. The molecule has 0 aliphatic rings. The standard InChI is InChI=1S/C12H21N3O4S/c1-3-7-10(16)13-9-6-4-5-8-11-14-15-12(19-11)20(2,17)18/h3-9H2,1-2H3,(H,13,16). The van der Waals surface area contributed by atoms with Crippen molar-refractivity contribution in [1.82, 2.24) is 15.5 Å². The quantitative estimate of drug-likeness (QED) is 0.685. The maximum Gasteiger partial charge on any atom is 0.335 e. The van der Waals surface area contributed by atoms with Crippen molar-refractivity contribution in [3.63, 3.8) is 0 Å². The summed E-state index contributed by atoms with van der Waals surface area (Å²) in [5.41, 5.74) is 0. The number of rotatable bonds is 9. The molecule has 20 heavy (non-hydrogen) atoms. The minimum absolute atomic E-state index is 0.0854. The molecule has 7 nitrogen and oxygen atoms in total. The van der Waals surface area contributed by atoms with Gasteiger partial charge in [-0.1, -0.05) is 18.4 Å². The van der Waals surface area contributed by atoms with Crippen molar-refractivity contribution in [2.75, 3.05) is 12.8 Å². The van der Waals surface area contributed by atoms with Gasteiger partial charge >= 0.3 is 5.22 Å². The van der Waals surface area contributed by atoms with E-state index in [0.29, 0.717) is 25.3 Å². The zero-order valence-electron chi connectivity index (χ0n) is 11.9. The molecule has 1 heterocycles. The maximum absolute atomic E-state index is 11.2. The summed E-state index contributed by atoms with van der Waals surface area (Å²) in [4.78, 5) is 11.2. The minimum atomic E-state index is -3.42. The van der Waals surface area contributed by atoms with Crippen molar-refractivity contribution >= 4 is 15.7 Å². The SMILES string of the molecule is CCCC(=O)NCCCCCc1nnc(S(C)(=O)=O)o1. The number of carbonyl (C=O) groups is 1. The second-order valence-electron chi connectivity index (χ2n) is 4.64. The number of nitrogens with zero attached hydrogens (tertiary/aromatic N) is 2. The van der Waals surface area contributed by atoms with Gasteiger partial charge in [-0.25, -0.2) is 8.42 Å². The van der Waals surface area contributed by atoms with Gasteiger partial charge in [0.1, 0.15) is 0 Å². The van der Waals surface area contributed by atoms with Crippen LogP contribution in [0.1, 0.15) is 44.9 Å². The van der Waals surface area contributed by atoms with Gasteiger partial charge in [0, 0.05) is 25.6 Å². The maximum atomic E-state index is 11.2. The summed E-state index contributed by atoms with van der Waals surface area (Å²) in [6.45, 7) is 2.63. The second-order valence-corrected chi connectivity index (χ2v) is 6.54. The molecule has 0 aliphatic heterocycles. The molecule has 1 aromatic heterocycles. The highest BCUT2D eigenvalue weighted by molar-refractivity contribution is 7.90. The molecule has 8 heteroatoms. The number of hydrogen-bond donors (Lipinski definition) is 1. The van der Waals surface area contributed by atoms with Crippen LogP contribution in [0.15, 0.2) is 9.64 Å². The normalized spacial score (nSPS) is 11.5. The molecule has 1 aromatic rings. The molecule has 0 spiro atoms. The van der Waals surface area contributed by atoms with E-state index in [-0.39, 0.29) is 11.1 Å². The van der Waals surface area contributed by atoms with Crippen molar-refractivity contribution in [1.29, 1.82) is 0 Å². The average Bonchev–Trinajstić information content (AvgIpc) is 2.82. The highest BCUT2D eigenvalue weighted by atomic mass is 32.2. The van der Waals surface area contributed by atoms with Crippen molar-refractivity contribution < 1.29 is 17.6 Å². The zero-order chi connectivity index (χ0) is 15.0. The van der Waals surface area contributed by atoms with Crippen LogP contribution in [0.3, 0.4) is 0 Å². The summed E-state index contributed by atoms with van der Waals surface area (Å²) in [5, 5.41) is 9.67. The third-order valence-corrected chi connectivity index (χ3v) is 3.43. The summed E-state index contributed by atoms with van der Waals surface area (Å²) in [6.07, 6.45) is 5.59. The van der Waals surface area contributed by atoms with Crippen LogP contribution in [-0.4, -0.2) is 37.3 Å². The first-order valence-electron chi connectivity index (χ1n) is 6.72. The Kier molecular flexibility index (Phi) is 6.63. The van der Waals surface area contributed by atoms with E-state index in [4.69, 9.17) is 4.42 Å². The molecule has 0 saturated carbocycles. The summed E-state index contributed by atoms with van der Waals surface area (Å²) in [5.74, 6) is 0.419. The van der Waals surface area contributed by atoms with E-state index in [2.05, 4.69) is 15.5 Å². The fourth-order valence-corrected chi connectivity index (χ4v) is 2.05. The monoisotopic (exact) mass is 303 g/mol. The van der Waals surface area contributed by atoms with Gasteiger partial charge in [-0.15, -0.1) is 5.10 Å². The van der Waals surface area contributed by atoms with E-state index < -0.39 is 9.84 Å². The van der Waals surface area contributed by atoms with Crippen LogP contribution in [0, 0.1) is 0 Å². The molecule has 0 aromatic carbocycles. The largest absolute Gasteiger partial charge is 0.413 e. The van der Waals surface area contributed by atoms with Gasteiger partial charge in [0.2, 0.25) is 21.6 Å².